The first-order valence-corrected chi connectivity index (χ1v) is 8.54. The summed E-state index contributed by atoms with van der Waals surface area (Å²) < 4.78 is 0. The van der Waals surface area contributed by atoms with Gasteiger partial charge in [-0.1, -0.05) is 12.0 Å². The molecule has 0 saturated carbocycles. The number of anilines is 1. The summed E-state index contributed by atoms with van der Waals surface area (Å²) in [5.41, 5.74) is 2.98. The number of amides is 1. The van der Waals surface area contributed by atoms with Crippen molar-refractivity contribution in [3.8, 4) is 12.3 Å². The Balaban J connectivity index is 1.95. The van der Waals surface area contributed by atoms with E-state index in [4.69, 9.17) is 6.42 Å². The second-order valence-electron chi connectivity index (χ2n) is 6.10. The zero-order valence-electron chi connectivity index (χ0n) is 14.3. The largest absolute Gasteiger partial charge is 0.294 e. The molecule has 0 unspecified atom stereocenters. The van der Waals surface area contributed by atoms with Crippen LogP contribution in [-0.4, -0.2) is 23.2 Å². The van der Waals surface area contributed by atoms with Crippen molar-refractivity contribution in [2.24, 2.45) is 0 Å². The van der Waals surface area contributed by atoms with E-state index in [1.807, 2.05) is 13.0 Å². The molecule has 2 aromatic rings. The molecule has 1 amide bonds. The SMILES string of the molecule is C#Cc1ccnc(N(CC)C(=O)c2ccc3c(c2)CCCCC3=O)c1. The number of hydrogen-bond acceptors (Lipinski definition) is 3. The van der Waals surface area contributed by atoms with E-state index in [2.05, 4.69) is 10.9 Å². The van der Waals surface area contributed by atoms with Crippen molar-refractivity contribution in [2.45, 2.75) is 32.6 Å². The monoisotopic (exact) mass is 332 g/mol. The van der Waals surface area contributed by atoms with E-state index in [-0.39, 0.29) is 11.7 Å². The molecular formula is C21H20N2O2. The van der Waals surface area contributed by atoms with Gasteiger partial charge in [-0.05, 0) is 56.0 Å². The molecule has 3 rings (SSSR count). The van der Waals surface area contributed by atoms with E-state index < -0.39 is 0 Å². The Labute approximate surface area is 147 Å². The third kappa shape index (κ3) is 3.46. The van der Waals surface area contributed by atoms with Crippen LogP contribution in [0.2, 0.25) is 0 Å². The first-order valence-electron chi connectivity index (χ1n) is 8.54. The number of aromatic nitrogens is 1. The van der Waals surface area contributed by atoms with Crippen LogP contribution in [-0.2, 0) is 6.42 Å². The number of fused-ring (bicyclic) bond motifs is 1. The van der Waals surface area contributed by atoms with Crippen LogP contribution in [0.25, 0.3) is 0 Å². The number of benzene rings is 1. The van der Waals surface area contributed by atoms with Crippen LogP contribution in [0.3, 0.4) is 0 Å². The lowest BCUT2D eigenvalue weighted by atomic mass is 9.99. The van der Waals surface area contributed by atoms with Crippen molar-refractivity contribution >= 4 is 17.5 Å². The molecule has 4 heteroatoms. The molecule has 0 fully saturated rings. The number of carbonyl (C=O) groups is 2. The Kier molecular flexibility index (Phi) is 4.95. The average molecular weight is 332 g/mol. The quantitative estimate of drug-likeness (QED) is 0.637. The van der Waals surface area contributed by atoms with Crippen molar-refractivity contribution in [2.75, 3.05) is 11.4 Å². The van der Waals surface area contributed by atoms with E-state index in [0.29, 0.717) is 29.9 Å². The smallest absolute Gasteiger partial charge is 0.259 e. The normalized spacial score (nSPS) is 13.5. The van der Waals surface area contributed by atoms with Gasteiger partial charge in [-0.3, -0.25) is 14.5 Å². The first kappa shape index (κ1) is 16.9. The molecule has 1 aliphatic carbocycles. The molecule has 1 aromatic heterocycles. The highest BCUT2D eigenvalue weighted by Crippen LogP contribution is 2.23. The lowest BCUT2D eigenvalue weighted by molar-refractivity contribution is 0.0973. The fourth-order valence-corrected chi connectivity index (χ4v) is 3.16. The van der Waals surface area contributed by atoms with Gasteiger partial charge in [-0.15, -0.1) is 6.42 Å². The molecule has 25 heavy (non-hydrogen) atoms. The van der Waals surface area contributed by atoms with E-state index in [1.54, 1.807) is 35.4 Å². The van der Waals surface area contributed by atoms with Crippen molar-refractivity contribution in [1.29, 1.82) is 0 Å². The molecule has 0 atom stereocenters. The lowest BCUT2D eigenvalue weighted by Crippen LogP contribution is -2.31. The van der Waals surface area contributed by atoms with Gasteiger partial charge in [0.2, 0.25) is 0 Å². The average Bonchev–Trinajstić information content (AvgIpc) is 2.83. The van der Waals surface area contributed by atoms with E-state index >= 15 is 0 Å². The van der Waals surface area contributed by atoms with Crippen LogP contribution in [0.15, 0.2) is 36.5 Å². The van der Waals surface area contributed by atoms with Gasteiger partial charge in [0.25, 0.3) is 5.91 Å². The lowest BCUT2D eigenvalue weighted by Gasteiger charge is -2.20. The minimum absolute atomic E-state index is 0.135. The fraction of sp³-hybridized carbons (Fsp3) is 0.286. The number of rotatable bonds is 3. The fourth-order valence-electron chi connectivity index (χ4n) is 3.16. The summed E-state index contributed by atoms with van der Waals surface area (Å²) in [6.45, 7) is 2.38. The van der Waals surface area contributed by atoms with Crippen LogP contribution in [0.5, 0.6) is 0 Å². The molecule has 4 nitrogen and oxygen atoms in total. The molecule has 0 bridgehead atoms. The van der Waals surface area contributed by atoms with Gasteiger partial charge in [0.1, 0.15) is 5.82 Å². The van der Waals surface area contributed by atoms with Crippen molar-refractivity contribution in [1.82, 2.24) is 4.98 Å². The molecule has 0 N–H and O–H groups in total. The minimum atomic E-state index is -0.135. The Bertz CT molecular complexity index is 864. The number of pyridine rings is 1. The highest BCUT2D eigenvalue weighted by molar-refractivity contribution is 6.07. The second kappa shape index (κ2) is 7.31. The summed E-state index contributed by atoms with van der Waals surface area (Å²) in [6.07, 6.45) is 10.3. The molecule has 0 spiro atoms. The Morgan fingerprint density at radius 1 is 1.24 bits per heavy atom. The third-order valence-electron chi connectivity index (χ3n) is 4.50. The first-order chi connectivity index (χ1) is 12.1. The topological polar surface area (TPSA) is 50.3 Å². The maximum Gasteiger partial charge on any atom is 0.259 e. The number of terminal acetylenes is 1. The molecule has 1 aliphatic rings. The predicted octanol–water partition coefficient (Wildman–Crippen LogP) is 3.64. The Morgan fingerprint density at radius 2 is 2.04 bits per heavy atom. The van der Waals surface area contributed by atoms with Gasteiger partial charge < -0.3 is 0 Å². The third-order valence-corrected chi connectivity index (χ3v) is 4.50. The van der Waals surface area contributed by atoms with Crippen LogP contribution in [0, 0.1) is 12.3 Å². The maximum atomic E-state index is 13.0. The molecule has 0 aliphatic heterocycles. The standard InChI is InChI=1S/C21H20N2O2/c1-3-15-11-12-22-20(13-15)23(4-2)21(25)17-9-10-18-16(14-17)7-5-6-8-19(18)24/h1,9-14H,4-8H2,2H3. The summed E-state index contributed by atoms with van der Waals surface area (Å²) >= 11 is 0. The summed E-state index contributed by atoms with van der Waals surface area (Å²) in [6, 6.07) is 8.84. The zero-order chi connectivity index (χ0) is 17.8. The Morgan fingerprint density at radius 3 is 2.80 bits per heavy atom. The number of carbonyl (C=O) groups excluding carboxylic acids is 2. The minimum Gasteiger partial charge on any atom is -0.294 e. The van der Waals surface area contributed by atoms with Crippen LogP contribution in [0.4, 0.5) is 5.82 Å². The molecule has 0 radical (unpaired) electrons. The van der Waals surface area contributed by atoms with Crippen molar-refractivity contribution < 1.29 is 9.59 Å². The maximum absolute atomic E-state index is 13.0. The molecule has 1 heterocycles. The molecule has 1 aromatic carbocycles. The van der Waals surface area contributed by atoms with Gasteiger partial charge in [0, 0.05) is 35.9 Å². The predicted molar refractivity (Wildman–Crippen MR) is 97.9 cm³/mol. The van der Waals surface area contributed by atoms with Gasteiger partial charge >= 0.3 is 0 Å². The molecular weight excluding hydrogens is 312 g/mol. The highest BCUT2D eigenvalue weighted by atomic mass is 16.2. The number of aryl methyl sites for hydroxylation is 1. The zero-order valence-corrected chi connectivity index (χ0v) is 14.3. The summed E-state index contributed by atoms with van der Waals surface area (Å²) in [4.78, 5) is 31.0. The Hall–Kier alpha value is -2.93. The van der Waals surface area contributed by atoms with Crippen molar-refractivity contribution in [3.63, 3.8) is 0 Å². The number of ketones is 1. The van der Waals surface area contributed by atoms with Crippen molar-refractivity contribution in [3.05, 3.63) is 58.8 Å². The van der Waals surface area contributed by atoms with E-state index in [0.717, 1.165) is 30.4 Å². The summed E-state index contributed by atoms with van der Waals surface area (Å²) in [5, 5.41) is 0. The number of nitrogens with zero attached hydrogens (tertiary/aromatic N) is 2. The summed E-state index contributed by atoms with van der Waals surface area (Å²) in [7, 11) is 0. The molecule has 0 saturated heterocycles. The van der Waals surface area contributed by atoms with Gasteiger partial charge in [0.05, 0.1) is 0 Å². The van der Waals surface area contributed by atoms with E-state index in [1.165, 1.54) is 0 Å². The number of hydrogen-bond donors (Lipinski definition) is 0. The second-order valence-corrected chi connectivity index (χ2v) is 6.10. The van der Waals surface area contributed by atoms with Crippen LogP contribution >= 0.6 is 0 Å². The van der Waals surface area contributed by atoms with Gasteiger partial charge in [-0.25, -0.2) is 4.98 Å². The highest BCUT2D eigenvalue weighted by Gasteiger charge is 2.21. The summed E-state index contributed by atoms with van der Waals surface area (Å²) in [5.74, 6) is 3.13. The number of Topliss-reactive ketones (excluding diaryl/α,β-unsaturated/α-hetero) is 1. The molecule has 126 valence electrons. The van der Waals surface area contributed by atoms with E-state index in [9.17, 15) is 9.59 Å². The van der Waals surface area contributed by atoms with Gasteiger partial charge in [0.15, 0.2) is 5.78 Å². The van der Waals surface area contributed by atoms with Gasteiger partial charge in [-0.2, -0.15) is 0 Å². The van der Waals surface area contributed by atoms with Crippen LogP contribution < -0.4 is 4.90 Å². The van der Waals surface area contributed by atoms with Crippen LogP contribution in [0.1, 0.15) is 58.0 Å².